The first kappa shape index (κ1) is 13.9. The van der Waals surface area contributed by atoms with Gasteiger partial charge in [-0.05, 0) is 12.8 Å². The van der Waals surface area contributed by atoms with E-state index in [0.29, 0.717) is 12.8 Å². The normalized spacial score (nSPS) is 13.1. The molecule has 1 aromatic rings. The van der Waals surface area contributed by atoms with Gasteiger partial charge < -0.3 is 0 Å². The zero-order valence-electron chi connectivity index (χ0n) is 9.35. The molecule has 0 saturated heterocycles. The lowest BCUT2D eigenvalue weighted by molar-refractivity contribution is -0.291. The predicted molar refractivity (Wildman–Crippen MR) is 49.6 cm³/mol. The highest BCUT2D eigenvalue weighted by molar-refractivity contribution is 5.18. The van der Waals surface area contributed by atoms with Crippen LogP contribution in [0.1, 0.15) is 31.2 Å². The first-order chi connectivity index (χ1) is 7.71. The summed E-state index contributed by atoms with van der Waals surface area (Å²) in [6.07, 6.45) is -4.37. The third kappa shape index (κ3) is 2.55. The van der Waals surface area contributed by atoms with Crippen LogP contribution in [0.5, 0.6) is 0 Å². The van der Waals surface area contributed by atoms with E-state index < -0.39 is 17.8 Å². The highest BCUT2D eigenvalue weighted by Gasteiger charge is 2.61. The molecular formula is C9H12F5N3. The average molecular weight is 257 g/mol. The van der Waals surface area contributed by atoms with Crippen molar-refractivity contribution in [3.63, 3.8) is 0 Å². The minimum atomic E-state index is -5.65. The standard InChI is InChI=1S/C9H12F5N3/c1-3-4-5-6-7(15-16-17(6)2)8(10,11)9(12,13)14/h3-5H2,1-2H3. The molecule has 1 rings (SSSR count). The Bertz CT molecular complexity index is 382. The Kier molecular flexibility index (Phi) is 3.73. The zero-order valence-corrected chi connectivity index (χ0v) is 9.35. The fraction of sp³-hybridized carbons (Fsp3) is 0.778. The van der Waals surface area contributed by atoms with Gasteiger partial charge in [-0.1, -0.05) is 18.6 Å². The van der Waals surface area contributed by atoms with Crippen LogP contribution in [0.25, 0.3) is 0 Å². The Morgan fingerprint density at radius 2 is 1.76 bits per heavy atom. The molecule has 8 heteroatoms. The molecule has 0 bridgehead atoms. The van der Waals surface area contributed by atoms with Crippen LogP contribution in [0.2, 0.25) is 0 Å². The lowest BCUT2D eigenvalue weighted by atomic mass is 10.1. The van der Waals surface area contributed by atoms with Crippen molar-refractivity contribution in [1.29, 1.82) is 0 Å². The molecule has 0 saturated carbocycles. The number of unbranched alkanes of at least 4 members (excludes halogenated alkanes) is 1. The second kappa shape index (κ2) is 4.58. The van der Waals surface area contributed by atoms with E-state index >= 15 is 0 Å². The Hall–Kier alpha value is -1.21. The molecule has 0 aliphatic rings. The van der Waals surface area contributed by atoms with Crippen LogP contribution in [-0.2, 0) is 19.4 Å². The Balaban J connectivity index is 3.14. The number of aromatic nitrogens is 3. The lowest BCUT2D eigenvalue weighted by Crippen LogP contribution is -2.35. The van der Waals surface area contributed by atoms with E-state index in [1.807, 2.05) is 6.92 Å². The summed E-state index contributed by atoms with van der Waals surface area (Å²) >= 11 is 0. The van der Waals surface area contributed by atoms with Crippen LogP contribution >= 0.6 is 0 Å². The maximum Gasteiger partial charge on any atom is 0.459 e. The number of aryl methyl sites for hydroxylation is 1. The highest BCUT2D eigenvalue weighted by Crippen LogP contribution is 2.44. The molecule has 0 aliphatic heterocycles. The van der Waals surface area contributed by atoms with Gasteiger partial charge in [0.2, 0.25) is 0 Å². The number of halogens is 5. The molecule has 1 heterocycles. The number of hydrogen-bond acceptors (Lipinski definition) is 2. The van der Waals surface area contributed by atoms with Crippen molar-refractivity contribution in [1.82, 2.24) is 15.0 Å². The summed E-state index contributed by atoms with van der Waals surface area (Å²) in [7, 11) is 1.30. The fourth-order valence-electron chi connectivity index (χ4n) is 1.38. The highest BCUT2D eigenvalue weighted by atomic mass is 19.4. The third-order valence-electron chi connectivity index (χ3n) is 2.36. The van der Waals surface area contributed by atoms with Gasteiger partial charge in [0.1, 0.15) is 0 Å². The van der Waals surface area contributed by atoms with Gasteiger partial charge in [-0.2, -0.15) is 22.0 Å². The molecule has 17 heavy (non-hydrogen) atoms. The second-order valence-electron chi connectivity index (χ2n) is 3.68. The van der Waals surface area contributed by atoms with E-state index in [1.165, 1.54) is 7.05 Å². The third-order valence-corrected chi connectivity index (χ3v) is 2.36. The average Bonchev–Trinajstić information content (AvgIpc) is 2.55. The van der Waals surface area contributed by atoms with Gasteiger partial charge >= 0.3 is 12.1 Å². The van der Waals surface area contributed by atoms with Gasteiger partial charge in [0.05, 0.1) is 5.69 Å². The smallest absolute Gasteiger partial charge is 0.252 e. The summed E-state index contributed by atoms with van der Waals surface area (Å²) in [4.78, 5) is 0. The first-order valence-electron chi connectivity index (χ1n) is 5.05. The van der Waals surface area contributed by atoms with E-state index in [4.69, 9.17) is 0 Å². The van der Waals surface area contributed by atoms with Crippen molar-refractivity contribution in [2.75, 3.05) is 0 Å². The van der Waals surface area contributed by atoms with Crippen LogP contribution in [-0.4, -0.2) is 21.2 Å². The lowest BCUT2D eigenvalue weighted by Gasteiger charge is -2.18. The summed E-state index contributed by atoms with van der Waals surface area (Å²) in [5, 5.41) is 6.19. The summed E-state index contributed by atoms with van der Waals surface area (Å²) in [6.45, 7) is 1.81. The van der Waals surface area contributed by atoms with Crippen LogP contribution in [0, 0.1) is 0 Å². The van der Waals surface area contributed by atoms with Gasteiger partial charge in [0, 0.05) is 7.05 Å². The monoisotopic (exact) mass is 257 g/mol. The molecule has 3 nitrogen and oxygen atoms in total. The molecular weight excluding hydrogens is 245 g/mol. The molecule has 0 spiro atoms. The van der Waals surface area contributed by atoms with Gasteiger partial charge in [-0.25, -0.2) is 0 Å². The molecule has 0 unspecified atom stereocenters. The Labute approximate surface area is 94.6 Å². The quantitative estimate of drug-likeness (QED) is 0.776. The number of nitrogens with zero attached hydrogens (tertiary/aromatic N) is 3. The number of hydrogen-bond donors (Lipinski definition) is 0. The molecule has 98 valence electrons. The van der Waals surface area contributed by atoms with Crippen molar-refractivity contribution in [2.24, 2.45) is 7.05 Å². The molecule has 0 aromatic carbocycles. The molecule has 0 atom stereocenters. The van der Waals surface area contributed by atoms with Crippen LogP contribution < -0.4 is 0 Å². The van der Waals surface area contributed by atoms with E-state index in [9.17, 15) is 22.0 Å². The van der Waals surface area contributed by atoms with Gasteiger partial charge in [-0.3, -0.25) is 4.68 Å². The Morgan fingerprint density at radius 1 is 1.18 bits per heavy atom. The summed E-state index contributed by atoms with van der Waals surface area (Å²) in [5.41, 5.74) is -1.46. The fourth-order valence-corrected chi connectivity index (χ4v) is 1.38. The predicted octanol–water partition coefficient (Wildman–Crippen LogP) is 2.81. The van der Waals surface area contributed by atoms with Crippen molar-refractivity contribution in [2.45, 2.75) is 38.3 Å². The first-order valence-corrected chi connectivity index (χ1v) is 5.05. The van der Waals surface area contributed by atoms with E-state index in [1.54, 1.807) is 0 Å². The zero-order chi connectivity index (χ0) is 13.3. The summed E-state index contributed by atoms with van der Waals surface area (Å²) < 4.78 is 63.8. The molecule has 0 radical (unpaired) electrons. The second-order valence-corrected chi connectivity index (χ2v) is 3.68. The van der Waals surface area contributed by atoms with Crippen molar-refractivity contribution in [3.8, 4) is 0 Å². The summed E-state index contributed by atoms with van der Waals surface area (Å²) in [6, 6.07) is 0. The van der Waals surface area contributed by atoms with E-state index in [0.717, 1.165) is 4.68 Å². The minimum absolute atomic E-state index is 0.0982. The van der Waals surface area contributed by atoms with Crippen LogP contribution in [0.15, 0.2) is 0 Å². The van der Waals surface area contributed by atoms with Gasteiger partial charge in [-0.15, -0.1) is 5.10 Å². The molecule has 0 fully saturated rings. The largest absolute Gasteiger partial charge is 0.459 e. The van der Waals surface area contributed by atoms with Crippen molar-refractivity contribution < 1.29 is 22.0 Å². The van der Waals surface area contributed by atoms with Crippen LogP contribution in [0.3, 0.4) is 0 Å². The number of alkyl halides is 5. The topological polar surface area (TPSA) is 30.7 Å². The summed E-state index contributed by atoms with van der Waals surface area (Å²) in [5.74, 6) is -4.95. The van der Waals surface area contributed by atoms with E-state index in [-0.39, 0.29) is 12.1 Å². The molecule has 0 amide bonds. The van der Waals surface area contributed by atoms with Crippen molar-refractivity contribution >= 4 is 0 Å². The number of rotatable bonds is 4. The SMILES string of the molecule is CCCCc1c(C(F)(F)C(F)(F)F)nnn1C. The van der Waals surface area contributed by atoms with E-state index in [2.05, 4.69) is 10.3 Å². The maximum atomic E-state index is 13.1. The minimum Gasteiger partial charge on any atom is -0.252 e. The van der Waals surface area contributed by atoms with Gasteiger partial charge in [0.15, 0.2) is 5.69 Å². The molecule has 1 aromatic heterocycles. The molecule has 0 N–H and O–H groups in total. The Morgan fingerprint density at radius 3 is 2.24 bits per heavy atom. The van der Waals surface area contributed by atoms with Gasteiger partial charge in [0.25, 0.3) is 0 Å². The maximum absolute atomic E-state index is 13.1. The van der Waals surface area contributed by atoms with Crippen molar-refractivity contribution in [3.05, 3.63) is 11.4 Å². The van der Waals surface area contributed by atoms with Crippen LogP contribution in [0.4, 0.5) is 22.0 Å². The molecule has 0 aliphatic carbocycles.